The number of ether oxygens (including phenoxy) is 2. The average molecular weight is 406 g/mol. The number of aliphatic hydroxyl groups is 1. The van der Waals surface area contributed by atoms with Gasteiger partial charge in [-0.1, -0.05) is 29.8 Å². The Labute approximate surface area is 176 Å². The third-order valence-electron chi connectivity index (χ3n) is 5.86. The van der Waals surface area contributed by atoms with Gasteiger partial charge >= 0.3 is 0 Å². The average Bonchev–Trinajstić information content (AvgIpc) is 3.23. The maximum absolute atomic E-state index is 11.3. The Kier molecular flexibility index (Phi) is 5.59. The van der Waals surface area contributed by atoms with E-state index < -0.39 is 5.60 Å². The van der Waals surface area contributed by atoms with Crippen LogP contribution in [0, 0.1) is 6.92 Å². The van der Waals surface area contributed by atoms with Gasteiger partial charge in [0.05, 0.1) is 24.2 Å². The summed E-state index contributed by atoms with van der Waals surface area (Å²) in [6.45, 7) is 2.54. The SMILES string of the molecule is COc1ccc(-n2nc(C3(O)CCC(OC=O)CC3)cc2-c2ccc(C)cc2)cc1. The third kappa shape index (κ3) is 3.96. The van der Waals surface area contributed by atoms with Crippen molar-refractivity contribution in [2.75, 3.05) is 7.11 Å². The number of aryl methyl sites for hydroxylation is 1. The van der Waals surface area contributed by atoms with Gasteiger partial charge in [0.2, 0.25) is 0 Å². The van der Waals surface area contributed by atoms with Crippen LogP contribution >= 0.6 is 0 Å². The summed E-state index contributed by atoms with van der Waals surface area (Å²) in [5.74, 6) is 0.773. The summed E-state index contributed by atoms with van der Waals surface area (Å²) in [6.07, 6.45) is 2.09. The summed E-state index contributed by atoms with van der Waals surface area (Å²) in [7, 11) is 1.64. The molecule has 156 valence electrons. The Balaban J connectivity index is 1.74. The van der Waals surface area contributed by atoms with E-state index in [9.17, 15) is 9.90 Å². The van der Waals surface area contributed by atoms with Crippen LogP contribution in [0.2, 0.25) is 0 Å². The number of carbonyl (C=O) groups is 1. The minimum atomic E-state index is -1.04. The van der Waals surface area contributed by atoms with Crippen LogP contribution < -0.4 is 4.74 Å². The molecule has 1 heterocycles. The van der Waals surface area contributed by atoms with Crippen molar-refractivity contribution in [3.8, 4) is 22.7 Å². The Morgan fingerprint density at radius 2 is 1.77 bits per heavy atom. The zero-order valence-corrected chi connectivity index (χ0v) is 17.2. The van der Waals surface area contributed by atoms with E-state index in [1.54, 1.807) is 7.11 Å². The van der Waals surface area contributed by atoms with E-state index in [4.69, 9.17) is 14.6 Å². The number of nitrogens with zero attached hydrogens (tertiary/aromatic N) is 2. The second-order valence-corrected chi connectivity index (χ2v) is 7.85. The molecule has 4 rings (SSSR count). The number of hydrogen-bond acceptors (Lipinski definition) is 5. The van der Waals surface area contributed by atoms with E-state index in [0.29, 0.717) is 37.8 Å². The Morgan fingerprint density at radius 1 is 1.10 bits per heavy atom. The third-order valence-corrected chi connectivity index (χ3v) is 5.86. The molecule has 2 aromatic carbocycles. The highest BCUT2D eigenvalue weighted by Gasteiger charge is 2.38. The molecular formula is C24H26N2O4. The zero-order valence-electron chi connectivity index (χ0n) is 17.2. The number of benzene rings is 2. The van der Waals surface area contributed by atoms with Crippen LogP contribution in [0.5, 0.6) is 5.75 Å². The molecule has 30 heavy (non-hydrogen) atoms. The predicted molar refractivity (Wildman–Crippen MR) is 114 cm³/mol. The molecule has 0 spiro atoms. The van der Waals surface area contributed by atoms with E-state index in [2.05, 4.69) is 31.2 Å². The molecule has 6 nitrogen and oxygen atoms in total. The summed E-state index contributed by atoms with van der Waals surface area (Å²) in [5, 5.41) is 16.2. The second-order valence-electron chi connectivity index (χ2n) is 7.85. The van der Waals surface area contributed by atoms with Crippen LogP contribution in [0.1, 0.15) is 36.9 Å². The minimum Gasteiger partial charge on any atom is -0.497 e. The van der Waals surface area contributed by atoms with E-state index in [1.165, 1.54) is 5.56 Å². The maximum atomic E-state index is 11.3. The van der Waals surface area contributed by atoms with Gasteiger partial charge in [0.1, 0.15) is 17.5 Å². The summed E-state index contributed by atoms with van der Waals surface area (Å²) in [5.41, 5.74) is 3.60. The normalized spacial score (nSPS) is 21.2. The first kappa shape index (κ1) is 20.2. The van der Waals surface area contributed by atoms with Gasteiger partial charge in [-0.05, 0) is 62.9 Å². The number of rotatable bonds is 6. The molecule has 0 unspecified atom stereocenters. The van der Waals surface area contributed by atoms with Crippen LogP contribution in [0.4, 0.5) is 0 Å². The Morgan fingerprint density at radius 3 is 2.37 bits per heavy atom. The van der Waals surface area contributed by atoms with Crippen molar-refractivity contribution in [1.82, 2.24) is 9.78 Å². The molecule has 1 N–H and O–H groups in total. The summed E-state index contributed by atoms with van der Waals surface area (Å²) in [4.78, 5) is 10.6. The monoisotopic (exact) mass is 406 g/mol. The van der Waals surface area contributed by atoms with Gasteiger partial charge in [-0.15, -0.1) is 0 Å². The molecule has 1 aliphatic carbocycles. The zero-order chi connectivity index (χ0) is 21.1. The van der Waals surface area contributed by atoms with Crippen molar-refractivity contribution in [2.24, 2.45) is 0 Å². The second kappa shape index (κ2) is 8.32. The number of carbonyl (C=O) groups excluding carboxylic acids is 1. The Bertz CT molecular complexity index is 1000. The van der Waals surface area contributed by atoms with E-state index in [0.717, 1.165) is 22.7 Å². The summed E-state index contributed by atoms with van der Waals surface area (Å²) >= 11 is 0. The van der Waals surface area contributed by atoms with Crippen molar-refractivity contribution in [2.45, 2.75) is 44.3 Å². The molecule has 6 heteroatoms. The van der Waals surface area contributed by atoms with E-state index in [1.807, 2.05) is 35.0 Å². The van der Waals surface area contributed by atoms with Crippen molar-refractivity contribution >= 4 is 6.47 Å². The fourth-order valence-corrected chi connectivity index (χ4v) is 4.00. The topological polar surface area (TPSA) is 73.6 Å². The van der Waals surface area contributed by atoms with Gasteiger partial charge in [-0.2, -0.15) is 5.10 Å². The number of hydrogen-bond donors (Lipinski definition) is 1. The van der Waals surface area contributed by atoms with Gasteiger partial charge < -0.3 is 14.6 Å². The molecule has 1 aliphatic rings. The lowest BCUT2D eigenvalue weighted by Crippen LogP contribution is -2.34. The highest BCUT2D eigenvalue weighted by Crippen LogP contribution is 2.39. The van der Waals surface area contributed by atoms with Crippen molar-refractivity contribution in [1.29, 1.82) is 0 Å². The maximum Gasteiger partial charge on any atom is 0.293 e. The standard InChI is InChI=1S/C24H26N2O4/c1-17-3-5-18(6-4-17)22-15-23(24(28)13-11-21(12-14-24)30-16-27)25-26(22)19-7-9-20(29-2)10-8-19/h3-10,15-16,21,28H,11-14H2,1-2H3. The molecule has 1 aromatic heterocycles. The molecule has 0 aliphatic heterocycles. The summed E-state index contributed by atoms with van der Waals surface area (Å²) < 4.78 is 12.2. The van der Waals surface area contributed by atoms with Crippen LogP contribution in [0.25, 0.3) is 16.9 Å². The smallest absolute Gasteiger partial charge is 0.293 e. The van der Waals surface area contributed by atoms with Crippen molar-refractivity contribution in [3.63, 3.8) is 0 Å². The van der Waals surface area contributed by atoms with E-state index in [-0.39, 0.29) is 6.10 Å². The lowest BCUT2D eigenvalue weighted by molar-refractivity contribution is -0.138. The fraction of sp³-hybridized carbons (Fsp3) is 0.333. The molecule has 1 saturated carbocycles. The molecule has 0 radical (unpaired) electrons. The molecular weight excluding hydrogens is 380 g/mol. The minimum absolute atomic E-state index is 0.136. The molecule has 0 amide bonds. The van der Waals surface area contributed by atoms with Gasteiger partial charge in [0.25, 0.3) is 6.47 Å². The van der Waals surface area contributed by atoms with Crippen LogP contribution in [0.15, 0.2) is 54.6 Å². The van der Waals surface area contributed by atoms with Gasteiger partial charge in [-0.3, -0.25) is 4.79 Å². The van der Waals surface area contributed by atoms with Crippen LogP contribution in [-0.2, 0) is 15.1 Å². The van der Waals surface area contributed by atoms with Gasteiger partial charge in [0, 0.05) is 5.56 Å². The summed E-state index contributed by atoms with van der Waals surface area (Å²) in [6, 6.07) is 17.9. The molecule has 3 aromatic rings. The van der Waals surface area contributed by atoms with Crippen molar-refractivity contribution in [3.05, 3.63) is 65.9 Å². The molecule has 0 atom stereocenters. The first-order valence-electron chi connectivity index (χ1n) is 10.2. The van der Waals surface area contributed by atoms with E-state index >= 15 is 0 Å². The number of aromatic nitrogens is 2. The van der Waals surface area contributed by atoms with Crippen LogP contribution in [0.3, 0.4) is 0 Å². The van der Waals surface area contributed by atoms with Gasteiger partial charge in [-0.25, -0.2) is 4.68 Å². The molecule has 0 bridgehead atoms. The molecule has 0 saturated heterocycles. The van der Waals surface area contributed by atoms with Gasteiger partial charge in [0.15, 0.2) is 0 Å². The number of methoxy groups -OCH3 is 1. The fourth-order valence-electron chi connectivity index (χ4n) is 4.00. The highest BCUT2D eigenvalue weighted by molar-refractivity contribution is 5.63. The highest BCUT2D eigenvalue weighted by atomic mass is 16.5. The molecule has 1 fully saturated rings. The quantitative estimate of drug-likeness (QED) is 0.622. The largest absolute Gasteiger partial charge is 0.497 e. The first-order valence-corrected chi connectivity index (χ1v) is 10.2. The first-order chi connectivity index (χ1) is 14.5. The lowest BCUT2D eigenvalue weighted by Gasteiger charge is -2.33. The van der Waals surface area contributed by atoms with Crippen LogP contribution in [-0.4, -0.2) is 34.6 Å². The predicted octanol–water partition coefficient (Wildman–Crippen LogP) is 4.16. The lowest BCUT2D eigenvalue weighted by atomic mass is 9.81. The van der Waals surface area contributed by atoms with Crippen molar-refractivity contribution < 1.29 is 19.4 Å². The Hall–Kier alpha value is -3.12.